The number of ether oxygens (including phenoxy) is 1. The SMILES string of the molecule is CN(C(=O)OC(C)(C)C)[C@H]1CCCN(c2ccnc3[nH]cc(-c4cccnn4)c23)C1. The summed E-state index contributed by atoms with van der Waals surface area (Å²) in [5.41, 5.74) is 3.18. The number of carbonyl (C=O) groups excluding carboxylic acids is 1. The quantitative estimate of drug-likeness (QED) is 0.708. The number of nitrogens with zero attached hydrogens (tertiary/aromatic N) is 5. The molecular weight excluding hydrogens is 380 g/mol. The minimum absolute atomic E-state index is 0.0794. The highest BCUT2D eigenvalue weighted by Crippen LogP contribution is 2.35. The van der Waals surface area contributed by atoms with Crippen molar-refractivity contribution in [2.24, 2.45) is 0 Å². The van der Waals surface area contributed by atoms with Crippen LogP contribution in [0.15, 0.2) is 36.8 Å². The summed E-state index contributed by atoms with van der Waals surface area (Å²) in [5, 5.41) is 9.32. The summed E-state index contributed by atoms with van der Waals surface area (Å²) in [5.74, 6) is 0. The summed E-state index contributed by atoms with van der Waals surface area (Å²) < 4.78 is 5.57. The zero-order chi connectivity index (χ0) is 21.3. The van der Waals surface area contributed by atoms with Gasteiger partial charge in [-0.2, -0.15) is 10.2 Å². The smallest absolute Gasteiger partial charge is 0.410 e. The predicted molar refractivity (Wildman–Crippen MR) is 116 cm³/mol. The van der Waals surface area contributed by atoms with Gasteiger partial charge in [-0.25, -0.2) is 9.78 Å². The van der Waals surface area contributed by atoms with Crippen LogP contribution in [0.2, 0.25) is 0 Å². The zero-order valence-corrected chi connectivity index (χ0v) is 17.9. The van der Waals surface area contributed by atoms with Crippen molar-refractivity contribution in [1.29, 1.82) is 0 Å². The van der Waals surface area contributed by atoms with E-state index in [0.717, 1.165) is 53.9 Å². The lowest BCUT2D eigenvalue weighted by Crippen LogP contribution is -2.49. The van der Waals surface area contributed by atoms with Gasteiger partial charge in [0.1, 0.15) is 11.2 Å². The third kappa shape index (κ3) is 4.08. The van der Waals surface area contributed by atoms with E-state index in [4.69, 9.17) is 4.74 Å². The molecule has 0 unspecified atom stereocenters. The van der Waals surface area contributed by atoms with Gasteiger partial charge in [-0.1, -0.05) is 0 Å². The van der Waals surface area contributed by atoms with Crippen molar-refractivity contribution < 1.29 is 9.53 Å². The Morgan fingerprint density at radius 2 is 2.13 bits per heavy atom. The van der Waals surface area contributed by atoms with E-state index in [1.807, 2.05) is 58.4 Å². The molecule has 3 aromatic rings. The topological polar surface area (TPSA) is 87.2 Å². The van der Waals surface area contributed by atoms with E-state index >= 15 is 0 Å². The van der Waals surface area contributed by atoms with Crippen LogP contribution in [0.1, 0.15) is 33.6 Å². The highest BCUT2D eigenvalue weighted by molar-refractivity contribution is 6.01. The molecule has 1 N–H and O–H groups in total. The molecule has 1 amide bonds. The van der Waals surface area contributed by atoms with E-state index in [1.165, 1.54) is 0 Å². The van der Waals surface area contributed by atoms with Gasteiger partial charge in [0, 0.05) is 44.3 Å². The Morgan fingerprint density at radius 1 is 1.30 bits per heavy atom. The number of amides is 1. The molecule has 0 spiro atoms. The molecule has 1 aliphatic rings. The van der Waals surface area contributed by atoms with Gasteiger partial charge in [0.15, 0.2) is 0 Å². The molecule has 0 aromatic carbocycles. The van der Waals surface area contributed by atoms with Crippen LogP contribution in [0, 0.1) is 0 Å². The van der Waals surface area contributed by atoms with E-state index in [-0.39, 0.29) is 12.1 Å². The van der Waals surface area contributed by atoms with Crippen LogP contribution in [0.25, 0.3) is 22.3 Å². The molecule has 4 heterocycles. The summed E-state index contributed by atoms with van der Waals surface area (Å²) in [7, 11) is 1.83. The number of aromatic nitrogens is 4. The summed E-state index contributed by atoms with van der Waals surface area (Å²) in [6.45, 7) is 7.32. The normalized spacial score (nSPS) is 17.2. The van der Waals surface area contributed by atoms with Crippen molar-refractivity contribution in [2.75, 3.05) is 25.0 Å². The molecule has 0 bridgehead atoms. The lowest BCUT2D eigenvalue weighted by atomic mass is 10.0. The number of pyridine rings is 1. The maximum atomic E-state index is 12.6. The second kappa shape index (κ2) is 7.93. The molecule has 1 saturated heterocycles. The van der Waals surface area contributed by atoms with Crippen LogP contribution < -0.4 is 4.90 Å². The van der Waals surface area contributed by atoms with Gasteiger partial charge in [-0.15, -0.1) is 0 Å². The van der Waals surface area contributed by atoms with Gasteiger partial charge in [-0.3, -0.25) is 0 Å². The second-order valence-electron chi connectivity index (χ2n) is 8.70. The van der Waals surface area contributed by atoms with Crippen LogP contribution in [0.3, 0.4) is 0 Å². The molecule has 4 rings (SSSR count). The van der Waals surface area contributed by atoms with Crippen LogP contribution in [-0.2, 0) is 4.74 Å². The fraction of sp³-hybridized carbons (Fsp3) is 0.455. The minimum Gasteiger partial charge on any atom is -0.444 e. The molecular formula is C22H28N6O2. The van der Waals surface area contributed by atoms with E-state index in [1.54, 1.807) is 11.1 Å². The summed E-state index contributed by atoms with van der Waals surface area (Å²) in [4.78, 5) is 24.4. The number of H-pyrrole nitrogens is 1. The molecule has 3 aromatic heterocycles. The summed E-state index contributed by atoms with van der Waals surface area (Å²) in [6.07, 6.45) is 7.07. The van der Waals surface area contributed by atoms with Gasteiger partial charge in [0.2, 0.25) is 0 Å². The van der Waals surface area contributed by atoms with Crippen molar-refractivity contribution in [3.05, 3.63) is 36.8 Å². The first kappa shape index (κ1) is 20.1. The van der Waals surface area contributed by atoms with Crippen molar-refractivity contribution in [3.8, 4) is 11.3 Å². The number of fused-ring (bicyclic) bond motifs is 1. The van der Waals surface area contributed by atoms with Crippen molar-refractivity contribution in [1.82, 2.24) is 25.1 Å². The number of rotatable bonds is 3. The van der Waals surface area contributed by atoms with Crippen LogP contribution in [0.4, 0.5) is 10.5 Å². The molecule has 1 aliphatic heterocycles. The number of aromatic amines is 1. The van der Waals surface area contributed by atoms with Gasteiger partial charge in [0.25, 0.3) is 0 Å². The minimum atomic E-state index is -0.506. The molecule has 0 radical (unpaired) electrons. The maximum absolute atomic E-state index is 12.6. The van der Waals surface area contributed by atoms with Crippen LogP contribution in [0.5, 0.6) is 0 Å². The Morgan fingerprint density at radius 3 is 2.87 bits per heavy atom. The van der Waals surface area contributed by atoms with Crippen molar-refractivity contribution >= 4 is 22.8 Å². The molecule has 8 nitrogen and oxygen atoms in total. The van der Waals surface area contributed by atoms with Gasteiger partial charge < -0.3 is 19.5 Å². The Balaban J connectivity index is 1.63. The van der Waals surface area contributed by atoms with Crippen LogP contribution in [-0.4, -0.2) is 62.9 Å². The van der Waals surface area contributed by atoms with Crippen molar-refractivity contribution in [2.45, 2.75) is 45.3 Å². The zero-order valence-electron chi connectivity index (χ0n) is 17.9. The number of hydrogen-bond acceptors (Lipinski definition) is 6. The Bertz CT molecular complexity index is 1030. The number of piperidine rings is 1. The fourth-order valence-corrected chi connectivity index (χ4v) is 3.92. The highest BCUT2D eigenvalue weighted by Gasteiger charge is 2.30. The molecule has 30 heavy (non-hydrogen) atoms. The summed E-state index contributed by atoms with van der Waals surface area (Å²) in [6, 6.07) is 5.94. The predicted octanol–water partition coefficient (Wildman–Crippen LogP) is 3.86. The molecule has 0 saturated carbocycles. The largest absolute Gasteiger partial charge is 0.444 e. The average Bonchev–Trinajstić information content (AvgIpc) is 3.17. The fourth-order valence-electron chi connectivity index (χ4n) is 3.92. The third-order valence-electron chi connectivity index (χ3n) is 5.37. The Labute approximate surface area is 176 Å². The Kier molecular flexibility index (Phi) is 5.32. The first-order valence-electron chi connectivity index (χ1n) is 10.3. The Hall–Kier alpha value is -3.16. The van der Waals surface area contributed by atoms with Crippen molar-refractivity contribution in [3.63, 3.8) is 0 Å². The monoisotopic (exact) mass is 408 g/mol. The number of carbonyl (C=O) groups is 1. The first-order valence-corrected chi connectivity index (χ1v) is 10.3. The van der Waals surface area contributed by atoms with E-state index in [2.05, 4.69) is 25.1 Å². The molecule has 158 valence electrons. The van der Waals surface area contributed by atoms with E-state index < -0.39 is 5.60 Å². The molecule has 0 aliphatic carbocycles. The molecule has 8 heteroatoms. The maximum Gasteiger partial charge on any atom is 0.410 e. The lowest BCUT2D eigenvalue weighted by molar-refractivity contribution is 0.0210. The number of nitrogens with one attached hydrogen (secondary N) is 1. The second-order valence-corrected chi connectivity index (χ2v) is 8.70. The van der Waals surface area contributed by atoms with E-state index in [0.29, 0.717) is 0 Å². The first-order chi connectivity index (χ1) is 14.3. The molecule has 1 fully saturated rings. The van der Waals surface area contributed by atoms with Gasteiger partial charge >= 0.3 is 6.09 Å². The number of anilines is 1. The highest BCUT2D eigenvalue weighted by atomic mass is 16.6. The van der Waals surface area contributed by atoms with E-state index in [9.17, 15) is 4.79 Å². The number of hydrogen-bond donors (Lipinski definition) is 1. The average molecular weight is 409 g/mol. The third-order valence-corrected chi connectivity index (χ3v) is 5.37. The van der Waals surface area contributed by atoms with Gasteiger partial charge in [-0.05, 0) is 51.8 Å². The van der Waals surface area contributed by atoms with Crippen LogP contribution >= 0.6 is 0 Å². The molecule has 1 atom stereocenters. The van der Waals surface area contributed by atoms with Gasteiger partial charge in [0.05, 0.1) is 22.8 Å². The summed E-state index contributed by atoms with van der Waals surface area (Å²) >= 11 is 0. The number of likely N-dealkylation sites (N-methyl/N-ethyl adjacent to an activating group) is 1. The standard InChI is InChI=1S/C22H28N6O2/c1-22(2,3)30-21(29)27(4)15-7-6-12-28(14-15)18-9-11-23-20-19(18)16(13-24-20)17-8-5-10-25-26-17/h5,8-11,13,15H,6-7,12,14H2,1-4H3,(H,23,24)/t15-/m0/s1. The lowest BCUT2D eigenvalue weighted by Gasteiger charge is -2.39.